The Morgan fingerprint density at radius 2 is 1.89 bits per heavy atom. The summed E-state index contributed by atoms with van der Waals surface area (Å²) in [4.78, 5) is 6.90. The van der Waals surface area contributed by atoms with E-state index in [1.54, 1.807) is 0 Å². The summed E-state index contributed by atoms with van der Waals surface area (Å²) in [5.41, 5.74) is 1.27. The number of nitrogens with zero attached hydrogens (tertiary/aromatic N) is 2. The molecule has 1 N–H and O–H groups in total. The third-order valence-corrected chi connectivity index (χ3v) is 3.34. The standard InChI is InChI=1S/C16H23N3/c1-4-10-19(3)16-15-9-7-6-8-14(15)13(12-18-16)11-17-5-2/h6-9,12,17H,4-5,10-11H2,1-3H3. The molecule has 1 aromatic carbocycles. The van der Waals surface area contributed by atoms with Gasteiger partial charge in [-0.1, -0.05) is 38.1 Å². The summed E-state index contributed by atoms with van der Waals surface area (Å²) < 4.78 is 0. The van der Waals surface area contributed by atoms with Crippen molar-refractivity contribution in [3.8, 4) is 0 Å². The van der Waals surface area contributed by atoms with Gasteiger partial charge in [-0.05, 0) is 23.9 Å². The van der Waals surface area contributed by atoms with Crippen LogP contribution in [-0.2, 0) is 6.54 Å². The number of hydrogen-bond acceptors (Lipinski definition) is 3. The molecule has 3 nitrogen and oxygen atoms in total. The molecule has 2 rings (SSSR count). The lowest BCUT2D eigenvalue weighted by molar-refractivity contribution is 0.728. The highest BCUT2D eigenvalue weighted by molar-refractivity contribution is 5.94. The van der Waals surface area contributed by atoms with Crippen molar-refractivity contribution in [2.45, 2.75) is 26.8 Å². The number of fused-ring (bicyclic) bond motifs is 1. The first-order valence-corrected chi connectivity index (χ1v) is 7.06. The van der Waals surface area contributed by atoms with Gasteiger partial charge in [-0.3, -0.25) is 0 Å². The zero-order valence-electron chi connectivity index (χ0n) is 12.1. The molecule has 0 atom stereocenters. The number of anilines is 1. The number of benzene rings is 1. The Balaban J connectivity index is 2.45. The van der Waals surface area contributed by atoms with Crippen LogP contribution in [0.3, 0.4) is 0 Å². The lowest BCUT2D eigenvalue weighted by atomic mass is 10.1. The maximum absolute atomic E-state index is 4.66. The van der Waals surface area contributed by atoms with Crippen LogP contribution in [0.4, 0.5) is 5.82 Å². The second-order valence-corrected chi connectivity index (χ2v) is 4.85. The molecule has 0 saturated heterocycles. The van der Waals surface area contributed by atoms with Crippen LogP contribution in [0.2, 0.25) is 0 Å². The van der Waals surface area contributed by atoms with E-state index < -0.39 is 0 Å². The van der Waals surface area contributed by atoms with E-state index in [0.717, 1.165) is 31.9 Å². The van der Waals surface area contributed by atoms with Crippen molar-refractivity contribution >= 4 is 16.6 Å². The van der Waals surface area contributed by atoms with E-state index in [0.29, 0.717) is 0 Å². The lowest BCUT2D eigenvalue weighted by Crippen LogP contribution is -2.20. The Hall–Kier alpha value is -1.61. The molecule has 0 aliphatic heterocycles. The van der Waals surface area contributed by atoms with Crippen LogP contribution in [0.1, 0.15) is 25.8 Å². The van der Waals surface area contributed by atoms with Crippen LogP contribution in [0.5, 0.6) is 0 Å². The minimum Gasteiger partial charge on any atom is -0.359 e. The fourth-order valence-electron chi connectivity index (χ4n) is 2.38. The first-order chi connectivity index (χ1) is 9.27. The van der Waals surface area contributed by atoms with Gasteiger partial charge >= 0.3 is 0 Å². The molecule has 0 aliphatic rings. The minimum atomic E-state index is 0.877. The molecule has 0 radical (unpaired) electrons. The van der Waals surface area contributed by atoms with E-state index in [-0.39, 0.29) is 0 Å². The summed E-state index contributed by atoms with van der Waals surface area (Å²) in [6, 6.07) is 8.54. The van der Waals surface area contributed by atoms with Crippen LogP contribution >= 0.6 is 0 Å². The van der Waals surface area contributed by atoms with Gasteiger partial charge in [0.25, 0.3) is 0 Å². The second-order valence-electron chi connectivity index (χ2n) is 4.85. The number of aromatic nitrogens is 1. The number of rotatable bonds is 6. The molecule has 2 aromatic rings. The van der Waals surface area contributed by atoms with E-state index in [9.17, 15) is 0 Å². The van der Waals surface area contributed by atoms with Crippen molar-refractivity contribution in [2.75, 3.05) is 25.0 Å². The fraction of sp³-hybridized carbons (Fsp3) is 0.438. The largest absolute Gasteiger partial charge is 0.359 e. The van der Waals surface area contributed by atoms with E-state index >= 15 is 0 Å². The highest BCUT2D eigenvalue weighted by Gasteiger charge is 2.09. The first-order valence-electron chi connectivity index (χ1n) is 7.06. The first kappa shape index (κ1) is 13.8. The number of pyridine rings is 1. The van der Waals surface area contributed by atoms with Gasteiger partial charge in [0, 0.05) is 31.7 Å². The third kappa shape index (κ3) is 3.04. The highest BCUT2D eigenvalue weighted by atomic mass is 15.2. The normalized spacial score (nSPS) is 10.9. The number of hydrogen-bond donors (Lipinski definition) is 1. The van der Waals surface area contributed by atoms with Crippen LogP contribution in [0.25, 0.3) is 10.8 Å². The molecule has 3 heteroatoms. The van der Waals surface area contributed by atoms with E-state index in [1.807, 2.05) is 6.20 Å². The summed E-state index contributed by atoms with van der Waals surface area (Å²) in [6.45, 7) is 7.20. The summed E-state index contributed by atoms with van der Waals surface area (Å²) in [5, 5.41) is 5.92. The zero-order chi connectivity index (χ0) is 13.7. The van der Waals surface area contributed by atoms with Gasteiger partial charge in [-0.15, -0.1) is 0 Å². The van der Waals surface area contributed by atoms with E-state index in [2.05, 4.69) is 60.4 Å². The molecule has 1 heterocycles. The number of nitrogens with one attached hydrogen (secondary N) is 1. The summed E-state index contributed by atoms with van der Waals surface area (Å²) in [7, 11) is 2.11. The molecule has 0 amide bonds. The van der Waals surface area contributed by atoms with Crippen molar-refractivity contribution < 1.29 is 0 Å². The van der Waals surface area contributed by atoms with Gasteiger partial charge in [0.05, 0.1) is 0 Å². The summed E-state index contributed by atoms with van der Waals surface area (Å²) in [6.07, 6.45) is 3.14. The average molecular weight is 257 g/mol. The van der Waals surface area contributed by atoms with E-state index in [4.69, 9.17) is 0 Å². The third-order valence-electron chi connectivity index (χ3n) is 3.34. The summed E-state index contributed by atoms with van der Waals surface area (Å²) in [5.74, 6) is 1.08. The van der Waals surface area contributed by atoms with Crippen molar-refractivity contribution in [1.82, 2.24) is 10.3 Å². The Bertz CT molecular complexity index is 537. The van der Waals surface area contributed by atoms with Gasteiger partial charge in [-0.25, -0.2) is 4.98 Å². The molecule has 0 saturated carbocycles. The van der Waals surface area contributed by atoms with Gasteiger partial charge < -0.3 is 10.2 Å². The predicted molar refractivity (Wildman–Crippen MR) is 82.7 cm³/mol. The molecule has 0 fully saturated rings. The van der Waals surface area contributed by atoms with Gasteiger partial charge in [0.1, 0.15) is 5.82 Å². The average Bonchev–Trinajstić information content (AvgIpc) is 2.45. The monoisotopic (exact) mass is 257 g/mol. The molecule has 1 aromatic heterocycles. The Morgan fingerprint density at radius 1 is 1.16 bits per heavy atom. The second kappa shape index (κ2) is 6.53. The molecule has 19 heavy (non-hydrogen) atoms. The summed E-state index contributed by atoms with van der Waals surface area (Å²) >= 11 is 0. The van der Waals surface area contributed by atoms with Crippen molar-refractivity contribution in [1.29, 1.82) is 0 Å². The Morgan fingerprint density at radius 3 is 2.58 bits per heavy atom. The topological polar surface area (TPSA) is 28.2 Å². The lowest BCUT2D eigenvalue weighted by Gasteiger charge is -2.20. The molecule has 0 spiro atoms. The highest BCUT2D eigenvalue weighted by Crippen LogP contribution is 2.26. The van der Waals surface area contributed by atoms with Crippen LogP contribution in [0, 0.1) is 0 Å². The maximum Gasteiger partial charge on any atom is 0.136 e. The smallest absolute Gasteiger partial charge is 0.136 e. The van der Waals surface area contributed by atoms with Crippen molar-refractivity contribution in [2.24, 2.45) is 0 Å². The predicted octanol–water partition coefficient (Wildman–Crippen LogP) is 3.19. The molecule has 102 valence electrons. The SMILES string of the molecule is CCCN(C)c1ncc(CNCC)c2ccccc12. The van der Waals surface area contributed by atoms with Crippen molar-refractivity contribution in [3.63, 3.8) is 0 Å². The molecule has 0 aliphatic carbocycles. The molecular formula is C16H23N3. The Labute approximate surface area is 115 Å². The van der Waals surface area contributed by atoms with Crippen LogP contribution in [-0.4, -0.2) is 25.1 Å². The van der Waals surface area contributed by atoms with Crippen molar-refractivity contribution in [3.05, 3.63) is 36.0 Å². The van der Waals surface area contributed by atoms with E-state index in [1.165, 1.54) is 16.3 Å². The maximum atomic E-state index is 4.66. The van der Waals surface area contributed by atoms with Gasteiger partial charge in [0.15, 0.2) is 0 Å². The van der Waals surface area contributed by atoms with Crippen LogP contribution < -0.4 is 10.2 Å². The van der Waals surface area contributed by atoms with Crippen LogP contribution in [0.15, 0.2) is 30.5 Å². The zero-order valence-corrected chi connectivity index (χ0v) is 12.1. The minimum absolute atomic E-state index is 0.877. The quantitative estimate of drug-likeness (QED) is 0.861. The fourth-order valence-corrected chi connectivity index (χ4v) is 2.38. The molecule has 0 bridgehead atoms. The Kier molecular flexibility index (Phi) is 4.74. The van der Waals surface area contributed by atoms with Gasteiger partial charge in [-0.2, -0.15) is 0 Å². The molecule has 0 unspecified atom stereocenters. The van der Waals surface area contributed by atoms with Gasteiger partial charge in [0.2, 0.25) is 0 Å². The molecular weight excluding hydrogens is 234 g/mol.